The number of aromatic nitrogens is 6. The van der Waals surface area contributed by atoms with Crippen LogP contribution in [0, 0.1) is 11.8 Å². The van der Waals surface area contributed by atoms with Crippen LogP contribution >= 0.6 is 11.3 Å². The van der Waals surface area contributed by atoms with Crippen LogP contribution in [0.2, 0.25) is 0 Å². The number of hydrogen-bond acceptors (Lipinski definition) is 7. The van der Waals surface area contributed by atoms with Crippen LogP contribution in [0.5, 0.6) is 0 Å². The van der Waals surface area contributed by atoms with Crippen molar-refractivity contribution in [3.8, 4) is 22.0 Å². The van der Waals surface area contributed by atoms with Gasteiger partial charge in [0.15, 0.2) is 5.82 Å². The van der Waals surface area contributed by atoms with Gasteiger partial charge in [0.1, 0.15) is 22.1 Å². The number of aliphatic hydroxyl groups excluding tert-OH is 1. The summed E-state index contributed by atoms with van der Waals surface area (Å²) in [5, 5.41) is 24.6. The number of aliphatic hydroxyl groups is 1. The standard InChI is InChI=1S/C21H19F2N7OS.C2H6O.Na/c22-14-6-7-17(23)28-18(14)19-15(10-30(29-19)13-4-2-1-3-5-13)26-20(31)16-11-32-21(27-16)12-8-24-25-9-12;1-2-3;/h6-11,13H,1-5H2,(H2,24,25,26,27,31);3H,2H2,1H3;/q;;+1/p-1. The van der Waals surface area contributed by atoms with Gasteiger partial charge in [0.05, 0.1) is 11.7 Å². The molecule has 1 fully saturated rings. The van der Waals surface area contributed by atoms with Crippen molar-refractivity contribution in [1.82, 2.24) is 29.9 Å². The summed E-state index contributed by atoms with van der Waals surface area (Å²) in [6.45, 7) is 1.93. The van der Waals surface area contributed by atoms with Gasteiger partial charge in [-0.2, -0.15) is 9.49 Å². The van der Waals surface area contributed by atoms with Gasteiger partial charge in [-0.15, -0.1) is 17.5 Å². The number of hydrogen-bond donors (Lipinski definition) is 2. The number of nitrogens with zero attached hydrogens (tertiary/aromatic N) is 6. The Kier molecular flexibility index (Phi) is 10.3. The number of nitrogens with one attached hydrogen (secondary N) is 1. The molecule has 2 N–H and O–H groups in total. The topological polar surface area (TPSA) is 120 Å². The fraction of sp³-hybridized carbons (Fsp3) is 0.348. The molecule has 0 aliphatic heterocycles. The average molecular weight is 524 g/mol. The van der Waals surface area contributed by atoms with Gasteiger partial charge in [0.2, 0.25) is 5.95 Å². The summed E-state index contributed by atoms with van der Waals surface area (Å²) in [6, 6.07) is 2.07. The van der Waals surface area contributed by atoms with E-state index in [1.165, 1.54) is 11.3 Å². The van der Waals surface area contributed by atoms with Crippen molar-refractivity contribution in [2.45, 2.75) is 45.1 Å². The molecule has 4 heterocycles. The van der Waals surface area contributed by atoms with Crippen LogP contribution in [-0.4, -0.2) is 42.5 Å². The van der Waals surface area contributed by atoms with Crippen LogP contribution in [0.15, 0.2) is 36.1 Å². The van der Waals surface area contributed by atoms with E-state index in [1.807, 2.05) is 0 Å². The van der Waals surface area contributed by atoms with Gasteiger partial charge in [-0.3, -0.25) is 9.48 Å². The van der Waals surface area contributed by atoms with Crippen LogP contribution in [0.4, 0.5) is 14.5 Å². The molecule has 1 aliphatic carbocycles. The predicted molar refractivity (Wildman–Crippen MR) is 127 cm³/mol. The molecule has 0 spiro atoms. The summed E-state index contributed by atoms with van der Waals surface area (Å²) >= 11 is 1.28. The fourth-order valence-electron chi connectivity index (χ4n) is 3.81. The van der Waals surface area contributed by atoms with E-state index < -0.39 is 17.7 Å². The number of rotatable bonds is 5. The third-order valence-electron chi connectivity index (χ3n) is 5.41. The number of carbonyl (C=O) groups is 1. The van der Waals surface area contributed by atoms with Crippen LogP contribution in [0.1, 0.15) is 55.6 Å². The molecule has 0 atom stereocenters. The Morgan fingerprint density at radius 1 is 1.22 bits per heavy atom. The molecule has 9 nitrogen and oxygen atoms in total. The number of anilines is 1. The second kappa shape index (κ2) is 13.2. The second-order valence-electron chi connectivity index (χ2n) is 7.88. The van der Waals surface area contributed by atoms with E-state index in [2.05, 4.69) is 30.6 Å². The quantitative estimate of drug-likeness (QED) is 0.300. The molecule has 0 bridgehead atoms. The Hall–Kier alpha value is -2.51. The number of pyridine rings is 1. The fourth-order valence-corrected chi connectivity index (χ4v) is 4.58. The van der Waals surface area contributed by atoms with Crippen molar-refractivity contribution >= 4 is 22.9 Å². The number of carbonyl (C=O) groups excluding carboxylic acids is 1. The molecular formula is C23H24F2N7NaO2S. The normalized spacial score (nSPS) is 13.4. The van der Waals surface area contributed by atoms with E-state index in [-0.39, 0.29) is 65.0 Å². The SMILES string of the molecule is CCO.O=C(Nc1cn(C2CCCCC2)nc1-c1nc(F)ccc1F)c1csc(-c2cn[n-]c2)n1.[Na+]. The summed E-state index contributed by atoms with van der Waals surface area (Å²) in [6.07, 6.45) is 9.96. The first-order valence-electron chi connectivity index (χ1n) is 11.2. The molecule has 1 amide bonds. The minimum atomic E-state index is -0.827. The van der Waals surface area contributed by atoms with Crippen LogP contribution in [0.25, 0.3) is 22.0 Å². The summed E-state index contributed by atoms with van der Waals surface area (Å²) in [7, 11) is 0. The third-order valence-corrected chi connectivity index (χ3v) is 6.30. The number of halogens is 2. The van der Waals surface area contributed by atoms with E-state index >= 15 is 0 Å². The molecule has 184 valence electrons. The van der Waals surface area contributed by atoms with Crippen molar-refractivity contribution in [3.63, 3.8) is 0 Å². The third kappa shape index (κ3) is 6.62. The van der Waals surface area contributed by atoms with Gasteiger partial charge in [0.25, 0.3) is 5.91 Å². The van der Waals surface area contributed by atoms with Crippen molar-refractivity contribution in [3.05, 3.63) is 53.6 Å². The van der Waals surface area contributed by atoms with Gasteiger partial charge < -0.3 is 20.6 Å². The van der Waals surface area contributed by atoms with E-state index in [1.54, 1.807) is 35.6 Å². The Labute approximate surface area is 232 Å². The zero-order chi connectivity index (χ0) is 24.8. The number of amides is 1. The summed E-state index contributed by atoms with van der Waals surface area (Å²) in [5.41, 5.74) is 0.994. The van der Waals surface area contributed by atoms with Gasteiger partial charge in [-0.25, -0.2) is 14.4 Å². The number of thiazole rings is 1. The van der Waals surface area contributed by atoms with Gasteiger partial charge in [-0.05, 0) is 31.9 Å². The second-order valence-corrected chi connectivity index (χ2v) is 8.74. The molecule has 1 aliphatic rings. The smallest absolute Gasteiger partial charge is 0.581 e. The van der Waals surface area contributed by atoms with Gasteiger partial charge in [0, 0.05) is 29.9 Å². The van der Waals surface area contributed by atoms with Gasteiger partial charge in [-0.1, -0.05) is 19.3 Å². The Balaban J connectivity index is 0.000000861. The zero-order valence-electron chi connectivity index (χ0n) is 20.0. The monoisotopic (exact) mass is 523 g/mol. The molecule has 13 heteroatoms. The largest absolute Gasteiger partial charge is 1.00 e. The van der Waals surface area contributed by atoms with E-state index in [0.717, 1.165) is 44.2 Å². The first-order valence-corrected chi connectivity index (χ1v) is 12.1. The molecule has 0 aromatic carbocycles. The maximum absolute atomic E-state index is 14.5. The average Bonchev–Trinajstić information content (AvgIpc) is 3.62. The maximum atomic E-state index is 14.5. The molecule has 1 saturated carbocycles. The Morgan fingerprint density at radius 3 is 2.67 bits per heavy atom. The van der Waals surface area contributed by atoms with Gasteiger partial charge >= 0.3 is 29.6 Å². The predicted octanol–water partition coefficient (Wildman–Crippen LogP) is 1.46. The van der Waals surface area contributed by atoms with Crippen molar-refractivity contribution in [1.29, 1.82) is 0 Å². The molecule has 4 aromatic heterocycles. The Morgan fingerprint density at radius 2 is 1.97 bits per heavy atom. The first kappa shape index (κ1) is 28.1. The maximum Gasteiger partial charge on any atom is 1.00 e. The van der Waals surface area contributed by atoms with Crippen LogP contribution in [-0.2, 0) is 0 Å². The summed E-state index contributed by atoms with van der Waals surface area (Å²) < 4.78 is 30.0. The summed E-state index contributed by atoms with van der Waals surface area (Å²) in [4.78, 5) is 20.9. The minimum Gasteiger partial charge on any atom is -0.581 e. The molecule has 36 heavy (non-hydrogen) atoms. The van der Waals surface area contributed by atoms with E-state index in [9.17, 15) is 13.6 Å². The van der Waals surface area contributed by atoms with Crippen molar-refractivity contribution in [2.24, 2.45) is 0 Å². The summed E-state index contributed by atoms with van der Waals surface area (Å²) in [5.74, 6) is -2.03. The first-order chi connectivity index (χ1) is 17.0. The zero-order valence-corrected chi connectivity index (χ0v) is 22.8. The molecule has 0 unspecified atom stereocenters. The molecule has 4 aromatic rings. The Bertz CT molecular complexity index is 1270. The molecule has 5 rings (SSSR count). The van der Waals surface area contributed by atoms with Crippen molar-refractivity contribution in [2.75, 3.05) is 11.9 Å². The molecule has 0 saturated heterocycles. The molecule has 0 radical (unpaired) electrons. The molecular weight excluding hydrogens is 499 g/mol. The van der Waals surface area contributed by atoms with Crippen LogP contribution < -0.4 is 40.0 Å². The van der Waals surface area contributed by atoms with E-state index in [0.29, 0.717) is 10.6 Å². The van der Waals surface area contributed by atoms with E-state index in [4.69, 9.17) is 5.11 Å². The van der Waals surface area contributed by atoms with Crippen LogP contribution in [0.3, 0.4) is 0 Å². The van der Waals surface area contributed by atoms with Crippen molar-refractivity contribution < 1.29 is 48.2 Å². The minimum absolute atomic E-state index is 0.